The number of amides is 1. The Morgan fingerprint density at radius 2 is 1.89 bits per heavy atom. The molecule has 18 heavy (non-hydrogen) atoms. The minimum atomic E-state index is 0.0414. The van der Waals surface area contributed by atoms with E-state index in [2.05, 4.69) is 12.2 Å². The van der Waals surface area contributed by atoms with E-state index in [1.54, 1.807) is 0 Å². The van der Waals surface area contributed by atoms with Crippen LogP contribution in [0.2, 0.25) is 0 Å². The van der Waals surface area contributed by atoms with Crippen LogP contribution in [0.25, 0.3) is 0 Å². The van der Waals surface area contributed by atoms with Gasteiger partial charge in [-0.3, -0.25) is 4.79 Å². The minimum Gasteiger partial charge on any atom is -0.396 e. The van der Waals surface area contributed by atoms with Gasteiger partial charge < -0.3 is 10.4 Å². The van der Waals surface area contributed by atoms with E-state index in [1.165, 1.54) is 12.8 Å². The SMILES string of the molecule is CCC(C)=C(C)C(=O)NC1CCCCCC1CO. The maximum atomic E-state index is 12.1. The van der Waals surface area contributed by atoms with Crippen LogP contribution in [0, 0.1) is 5.92 Å². The summed E-state index contributed by atoms with van der Waals surface area (Å²) in [5, 5.41) is 12.5. The largest absolute Gasteiger partial charge is 0.396 e. The molecule has 0 heterocycles. The van der Waals surface area contributed by atoms with Crippen molar-refractivity contribution in [3.8, 4) is 0 Å². The van der Waals surface area contributed by atoms with Crippen molar-refractivity contribution in [2.45, 2.75) is 65.3 Å². The molecule has 1 saturated carbocycles. The average Bonchev–Trinajstić information content (AvgIpc) is 2.61. The number of aliphatic hydroxyl groups excluding tert-OH is 1. The summed E-state index contributed by atoms with van der Waals surface area (Å²) in [6, 6.07) is 0.143. The number of carbonyl (C=O) groups excluding carboxylic acids is 1. The number of hydrogen-bond acceptors (Lipinski definition) is 2. The van der Waals surface area contributed by atoms with E-state index in [0.29, 0.717) is 0 Å². The van der Waals surface area contributed by atoms with Crippen molar-refractivity contribution in [1.29, 1.82) is 0 Å². The number of carbonyl (C=O) groups is 1. The number of rotatable bonds is 4. The normalized spacial score (nSPS) is 26.2. The minimum absolute atomic E-state index is 0.0414. The van der Waals surface area contributed by atoms with Crippen LogP contribution in [-0.4, -0.2) is 23.7 Å². The molecule has 0 radical (unpaired) electrons. The van der Waals surface area contributed by atoms with Gasteiger partial charge in [0, 0.05) is 24.1 Å². The third kappa shape index (κ3) is 4.13. The van der Waals surface area contributed by atoms with Gasteiger partial charge in [-0.1, -0.05) is 31.8 Å². The van der Waals surface area contributed by atoms with Gasteiger partial charge in [-0.15, -0.1) is 0 Å². The van der Waals surface area contributed by atoms with Gasteiger partial charge in [-0.05, 0) is 33.1 Å². The quantitative estimate of drug-likeness (QED) is 0.598. The van der Waals surface area contributed by atoms with E-state index in [0.717, 1.165) is 36.8 Å². The standard InChI is InChI=1S/C15H27NO2/c1-4-11(2)12(3)15(18)16-14-9-7-5-6-8-13(14)10-17/h13-14,17H,4-10H2,1-3H3,(H,16,18). The molecule has 3 heteroatoms. The second-order valence-corrected chi connectivity index (χ2v) is 5.42. The van der Waals surface area contributed by atoms with Gasteiger partial charge in [0.25, 0.3) is 0 Å². The summed E-state index contributed by atoms with van der Waals surface area (Å²) < 4.78 is 0. The van der Waals surface area contributed by atoms with Crippen molar-refractivity contribution in [2.24, 2.45) is 5.92 Å². The first-order chi connectivity index (χ1) is 8.60. The van der Waals surface area contributed by atoms with Crippen molar-refractivity contribution < 1.29 is 9.90 Å². The van der Waals surface area contributed by atoms with Crippen LogP contribution in [0.5, 0.6) is 0 Å². The van der Waals surface area contributed by atoms with Crippen molar-refractivity contribution in [2.75, 3.05) is 6.61 Å². The highest BCUT2D eigenvalue weighted by Crippen LogP contribution is 2.23. The fourth-order valence-corrected chi connectivity index (χ4v) is 2.53. The molecule has 1 amide bonds. The molecule has 0 bridgehead atoms. The summed E-state index contributed by atoms with van der Waals surface area (Å²) in [5.74, 6) is 0.269. The van der Waals surface area contributed by atoms with Crippen LogP contribution in [0.1, 0.15) is 59.3 Å². The third-order valence-corrected chi connectivity index (χ3v) is 4.22. The molecule has 1 aliphatic rings. The van der Waals surface area contributed by atoms with Gasteiger partial charge in [-0.25, -0.2) is 0 Å². The van der Waals surface area contributed by atoms with E-state index in [1.807, 2.05) is 13.8 Å². The molecule has 0 aliphatic heterocycles. The van der Waals surface area contributed by atoms with Crippen molar-refractivity contribution in [3.05, 3.63) is 11.1 Å². The molecular weight excluding hydrogens is 226 g/mol. The first-order valence-corrected chi connectivity index (χ1v) is 7.18. The molecule has 3 nitrogen and oxygen atoms in total. The van der Waals surface area contributed by atoms with Crippen LogP contribution >= 0.6 is 0 Å². The van der Waals surface area contributed by atoms with Gasteiger partial charge in [-0.2, -0.15) is 0 Å². The van der Waals surface area contributed by atoms with Crippen molar-refractivity contribution >= 4 is 5.91 Å². The van der Waals surface area contributed by atoms with Crippen LogP contribution in [0.15, 0.2) is 11.1 Å². The molecular formula is C15H27NO2. The zero-order chi connectivity index (χ0) is 13.5. The van der Waals surface area contributed by atoms with E-state index < -0.39 is 0 Å². The first kappa shape index (κ1) is 15.2. The second-order valence-electron chi connectivity index (χ2n) is 5.42. The topological polar surface area (TPSA) is 49.3 Å². The van der Waals surface area contributed by atoms with E-state index in [-0.39, 0.29) is 24.5 Å². The lowest BCUT2D eigenvalue weighted by atomic mass is 9.95. The summed E-state index contributed by atoms with van der Waals surface area (Å²) >= 11 is 0. The second kappa shape index (κ2) is 7.57. The Hall–Kier alpha value is -0.830. The van der Waals surface area contributed by atoms with Gasteiger partial charge in [0.15, 0.2) is 0 Å². The smallest absolute Gasteiger partial charge is 0.247 e. The monoisotopic (exact) mass is 253 g/mol. The number of aliphatic hydroxyl groups is 1. The van der Waals surface area contributed by atoms with Gasteiger partial charge in [0.1, 0.15) is 0 Å². The fraction of sp³-hybridized carbons (Fsp3) is 0.800. The highest BCUT2D eigenvalue weighted by atomic mass is 16.3. The highest BCUT2D eigenvalue weighted by Gasteiger charge is 2.25. The number of hydrogen-bond donors (Lipinski definition) is 2. The predicted octanol–water partition coefficient (Wildman–Crippen LogP) is 2.79. The molecule has 1 aliphatic carbocycles. The van der Waals surface area contributed by atoms with Gasteiger partial charge >= 0.3 is 0 Å². The Morgan fingerprint density at radius 1 is 1.22 bits per heavy atom. The molecule has 0 saturated heterocycles. The van der Waals surface area contributed by atoms with E-state index >= 15 is 0 Å². The number of allylic oxidation sites excluding steroid dienone is 1. The zero-order valence-electron chi connectivity index (χ0n) is 12.0. The van der Waals surface area contributed by atoms with Crippen LogP contribution in [0.3, 0.4) is 0 Å². The molecule has 1 fully saturated rings. The van der Waals surface area contributed by atoms with Crippen molar-refractivity contribution in [3.63, 3.8) is 0 Å². The Kier molecular flexibility index (Phi) is 6.41. The molecule has 2 unspecified atom stereocenters. The molecule has 0 aromatic heterocycles. The van der Waals surface area contributed by atoms with Crippen LogP contribution < -0.4 is 5.32 Å². The summed E-state index contributed by atoms with van der Waals surface area (Å²) in [6.07, 6.45) is 6.46. The molecule has 0 spiro atoms. The molecule has 2 atom stereocenters. The van der Waals surface area contributed by atoms with E-state index in [4.69, 9.17) is 0 Å². The Bertz CT molecular complexity index is 310. The van der Waals surface area contributed by atoms with Gasteiger partial charge in [0.2, 0.25) is 5.91 Å². The summed E-state index contributed by atoms with van der Waals surface area (Å²) in [6.45, 7) is 6.14. The van der Waals surface area contributed by atoms with Crippen molar-refractivity contribution in [1.82, 2.24) is 5.32 Å². The lowest BCUT2D eigenvalue weighted by molar-refractivity contribution is -0.118. The molecule has 2 N–H and O–H groups in total. The van der Waals surface area contributed by atoms with Crippen LogP contribution in [0.4, 0.5) is 0 Å². The van der Waals surface area contributed by atoms with Crippen LogP contribution in [-0.2, 0) is 4.79 Å². The molecule has 0 aromatic rings. The molecule has 1 rings (SSSR count). The van der Waals surface area contributed by atoms with Gasteiger partial charge in [0.05, 0.1) is 0 Å². The maximum absolute atomic E-state index is 12.1. The zero-order valence-corrected chi connectivity index (χ0v) is 12.0. The molecule has 0 aromatic carbocycles. The third-order valence-electron chi connectivity index (χ3n) is 4.22. The summed E-state index contributed by atoms with van der Waals surface area (Å²) in [4.78, 5) is 12.1. The highest BCUT2D eigenvalue weighted by molar-refractivity contribution is 5.93. The summed E-state index contributed by atoms with van der Waals surface area (Å²) in [7, 11) is 0. The van der Waals surface area contributed by atoms with E-state index in [9.17, 15) is 9.90 Å². The Labute approximate surface area is 111 Å². The fourth-order valence-electron chi connectivity index (χ4n) is 2.53. The molecule has 104 valence electrons. The predicted molar refractivity (Wildman–Crippen MR) is 74.3 cm³/mol. The lowest BCUT2D eigenvalue weighted by Crippen LogP contribution is -2.41. The number of nitrogens with one attached hydrogen (secondary N) is 1. The first-order valence-electron chi connectivity index (χ1n) is 7.18. The Balaban J connectivity index is 2.66. The Morgan fingerprint density at radius 3 is 2.50 bits per heavy atom. The maximum Gasteiger partial charge on any atom is 0.247 e. The summed E-state index contributed by atoms with van der Waals surface area (Å²) in [5.41, 5.74) is 1.97. The lowest BCUT2D eigenvalue weighted by Gasteiger charge is -2.25. The average molecular weight is 253 g/mol.